The first-order chi connectivity index (χ1) is 31.1. The largest absolute Gasteiger partial charge is 0.493 e. The summed E-state index contributed by atoms with van der Waals surface area (Å²) in [6.07, 6.45) is 0.124. The van der Waals surface area contributed by atoms with Crippen LogP contribution in [0.25, 0.3) is 0 Å². The molecular weight excluding hydrogens is 883 g/mol. The van der Waals surface area contributed by atoms with Crippen molar-refractivity contribution in [3.05, 3.63) is 88.1 Å². The van der Waals surface area contributed by atoms with Crippen LogP contribution in [-0.2, 0) is 4.74 Å². The molecule has 5 heterocycles. The molecule has 4 aliphatic rings. The van der Waals surface area contributed by atoms with E-state index in [0.29, 0.717) is 54.4 Å². The summed E-state index contributed by atoms with van der Waals surface area (Å²) in [4.78, 5) is 61.7. The van der Waals surface area contributed by atoms with Crippen molar-refractivity contribution in [2.75, 3.05) is 56.8 Å². The monoisotopic (exact) mass is 934 g/mol. The number of rotatable bonds is 17. The van der Waals surface area contributed by atoms with Crippen LogP contribution in [0.15, 0.2) is 71.9 Å². The predicted octanol–water partition coefficient (Wildman–Crippen LogP) is 5.53. The van der Waals surface area contributed by atoms with Gasteiger partial charge in [0.1, 0.15) is 24.1 Å². The third-order valence-electron chi connectivity index (χ3n) is 11.5. The maximum absolute atomic E-state index is 14.0. The van der Waals surface area contributed by atoms with E-state index in [1.54, 1.807) is 17.0 Å². The molecular formula is C43H51BN6O13S2. The van der Waals surface area contributed by atoms with Gasteiger partial charge < -0.3 is 53.5 Å². The van der Waals surface area contributed by atoms with Crippen LogP contribution in [0.3, 0.4) is 0 Å². The highest BCUT2D eigenvalue weighted by molar-refractivity contribution is 8.76. The number of ether oxygens (including phenoxy) is 5. The summed E-state index contributed by atoms with van der Waals surface area (Å²) in [7, 11) is 4.39. The first kappa shape index (κ1) is 47.3. The number of amides is 3. The van der Waals surface area contributed by atoms with Crippen LogP contribution in [0, 0.1) is 10.1 Å². The zero-order valence-electron chi connectivity index (χ0n) is 36.4. The molecule has 65 heavy (non-hydrogen) atoms. The Hall–Kier alpha value is -5.68. The molecule has 0 aliphatic carbocycles. The molecule has 0 radical (unpaired) electrons. The van der Waals surface area contributed by atoms with Gasteiger partial charge in [0.2, 0.25) is 0 Å². The first-order valence-electron chi connectivity index (χ1n) is 21.0. The van der Waals surface area contributed by atoms with Gasteiger partial charge in [-0.25, -0.2) is 14.7 Å². The Labute approximate surface area is 384 Å². The molecule has 1 aromatic heterocycles. The number of aliphatic hydroxyl groups excluding tert-OH is 2. The van der Waals surface area contributed by atoms with Gasteiger partial charge in [-0.05, 0) is 74.8 Å². The third kappa shape index (κ3) is 9.96. The molecule has 0 spiro atoms. The van der Waals surface area contributed by atoms with Gasteiger partial charge in [-0.2, -0.15) is 0 Å². The number of carbonyl (C=O) groups is 3. The topological polar surface area (TPSA) is 227 Å². The van der Waals surface area contributed by atoms with Gasteiger partial charge in [0.05, 0.1) is 61.3 Å². The molecule has 3 aromatic rings. The second-order valence-electron chi connectivity index (χ2n) is 16.1. The smallest absolute Gasteiger partial charge is 0.416 e. The van der Waals surface area contributed by atoms with Crippen molar-refractivity contribution in [2.24, 2.45) is 0 Å². The fourth-order valence-electron chi connectivity index (χ4n) is 8.31. The van der Waals surface area contributed by atoms with Crippen LogP contribution in [-0.4, -0.2) is 137 Å². The summed E-state index contributed by atoms with van der Waals surface area (Å²) < 4.78 is 29.3. The van der Waals surface area contributed by atoms with Crippen LogP contribution in [0.2, 0.25) is 6.82 Å². The van der Waals surface area contributed by atoms with E-state index in [9.17, 15) is 39.7 Å². The lowest BCUT2D eigenvalue weighted by molar-refractivity contribution is -0.385. The predicted molar refractivity (Wildman–Crippen MR) is 244 cm³/mol. The minimum Gasteiger partial charge on any atom is -0.493 e. The number of nitro groups is 1. The average molecular weight is 935 g/mol. The zero-order valence-corrected chi connectivity index (χ0v) is 38.0. The fourth-order valence-corrected chi connectivity index (χ4v) is 10.2. The molecule has 0 bridgehead atoms. The molecule has 3 amide bonds. The Kier molecular flexibility index (Phi) is 14.7. The van der Waals surface area contributed by atoms with Gasteiger partial charge in [-0.1, -0.05) is 35.1 Å². The molecule has 2 saturated heterocycles. The summed E-state index contributed by atoms with van der Waals surface area (Å²) in [6, 6.07) is 7.69. The van der Waals surface area contributed by atoms with E-state index in [4.69, 9.17) is 23.7 Å². The van der Waals surface area contributed by atoms with Crippen LogP contribution < -0.4 is 28.7 Å². The molecule has 3 N–H and O–H groups in total. The standard InChI is InChI=1S/C43H51BN6O13S2/c1-24-14-32-41(53)48(43(55)63-23-26(3)64-65-38-11-10-27(20-45-38)50(57)58)30-18-36(34(59-5)16-28(30)39(51)46(32)21-24)61-12-8-7-9-13-62-37-19-31-29(17-35(37)60-6)40(52)47-22-25(2)15-33(47)42(54)49(31)44(4)56/h10-11,16-20,26,32-33,41-42,53-54,56H,1-2,7-9,12-15,21-23H2,3-6H3/t26-,32+,33+,41+,42+/m1/s1. The Morgan fingerprint density at radius 2 is 1.45 bits per heavy atom. The van der Waals surface area contributed by atoms with Gasteiger partial charge in [0.25, 0.3) is 17.5 Å². The molecule has 0 saturated carbocycles. The molecule has 22 heteroatoms. The van der Waals surface area contributed by atoms with Crippen LogP contribution >= 0.6 is 21.6 Å². The molecule has 2 aromatic carbocycles. The second kappa shape index (κ2) is 20.2. The van der Waals surface area contributed by atoms with Crippen molar-refractivity contribution in [2.45, 2.75) is 80.7 Å². The number of hydrogen-bond donors (Lipinski definition) is 3. The molecule has 5 atom stereocenters. The van der Waals surface area contributed by atoms with Crippen molar-refractivity contribution in [1.29, 1.82) is 0 Å². The first-order valence-corrected chi connectivity index (χ1v) is 23.2. The third-order valence-corrected chi connectivity index (χ3v) is 14.2. The van der Waals surface area contributed by atoms with Crippen molar-refractivity contribution in [3.63, 3.8) is 0 Å². The zero-order chi connectivity index (χ0) is 46.7. The molecule has 19 nitrogen and oxygen atoms in total. The van der Waals surface area contributed by atoms with Gasteiger partial charge in [0, 0.05) is 42.2 Å². The summed E-state index contributed by atoms with van der Waals surface area (Å²) in [5.41, 5.74) is 2.20. The summed E-state index contributed by atoms with van der Waals surface area (Å²) in [6.45, 7) is 12.3. The van der Waals surface area contributed by atoms with E-state index in [2.05, 4.69) is 18.1 Å². The lowest BCUT2D eigenvalue weighted by Crippen LogP contribution is -2.53. The van der Waals surface area contributed by atoms with E-state index < -0.39 is 48.5 Å². The number of benzene rings is 2. The summed E-state index contributed by atoms with van der Waals surface area (Å²) >= 11 is 0. The molecule has 4 aliphatic heterocycles. The Morgan fingerprint density at radius 3 is 1.97 bits per heavy atom. The van der Waals surface area contributed by atoms with Crippen molar-refractivity contribution < 1.29 is 58.2 Å². The van der Waals surface area contributed by atoms with E-state index >= 15 is 0 Å². The Morgan fingerprint density at radius 1 is 0.892 bits per heavy atom. The number of pyridine rings is 1. The number of unbranched alkanes of at least 4 members (excludes halogenated alkanes) is 2. The maximum Gasteiger partial charge on any atom is 0.416 e. The number of methoxy groups -OCH3 is 2. The second-order valence-corrected chi connectivity index (χ2v) is 18.8. The van der Waals surface area contributed by atoms with Gasteiger partial charge in [-0.15, -0.1) is 0 Å². The fraction of sp³-hybridized carbons (Fsp3) is 0.442. The highest BCUT2D eigenvalue weighted by Crippen LogP contribution is 2.44. The number of aliphatic hydroxyl groups is 2. The summed E-state index contributed by atoms with van der Waals surface area (Å²) in [5, 5.41) is 45.1. The molecule has 7 rings (SSSR count). The molecule has 2 fully saturated rings. The summed E-state index contributed by atoms with van der Waals surface area (Å²) in [5.74, 6) is 0.423. The number of anilines is 2. The maximum atomic E-state index is 14.0. The van der Waals surface area contributed by atoms with Crippen molar-refractivity contribution in [1.82, 2.24) is 14.8 Å². The van der Waals surface area contributed by atoms with E-state index in [1.165, 1.54) is 82.8 Å². The normalized spacial score (nSPS) is 20.6. The number of fused-ring (bicyclic) bond motifs is 4. The number of hydrogen-bond acceptors (Lipinski definition) is 17. The SMILES string of the molecule is C=C1C[C@H]2[C@H](O)N(B(C)O)c3cc(OCCCCCOc4cc5c(cc4OC)C(=O)N4CC(=C)C[C@H]4[C@H](O)N5C(=O)OC[C@@H](C)SSc4ccc([N+](=O)[O-])cn4)c(OC)cc3C(=O)N2C1. The Balaban J connectivity index is 0.994. The highest BCUT2D eigenvalue weighted by Gasteiger charge is 2.47. The average Bonchev–Trinajstić information content (AvgIpc) is 3.85. The highest BCUT2D eigenvalue weighted by atomic mass is 33.1. The van der Waals surface area contributed by atoms with E-state index in [1.807, 2.05) is 6.92 Å². The van der Waals surface area contributed by atoms with Gasteiger partial charge >= 0.3 is 13.1 Å². The molecule has 346 valence electrons. The van der Waals surface area contributed by atoms with Gasteiger partial charge in [-0.3, -0.25) is 19.7 Å². The number of aromatic nitrogens is 1. The lowest BCUT2D eigenvalue weighted by atomic mass is 9.82. The van der Waals surface area contributed by atoms with Crippen molar-refractivity contribution in [3.8, 4) is 23.0 Å². The van der Waals surface area contributed by atoms with Crippen LogP contribution in [0.5, 0.6) is 23.0 Å². The lowest BCUT2D eigenvalue weighted by Gasteiger charge is -2.34. The van der Waals surface area contributed by atoms with E-state index in [0.717, 1.165) is 16.0 Å². The van der Waals surface area contributed by atoms with Crippen molar-refractivity contribution >= 4 is 63.6 Å². The van der Waals surface area contributed by atoms with Crippen LogP contribution in [0.1, 0.15) is 59.7 Å². The number of carbonyl (C=O) groups excluding carboxylic acids is 3. The van der Waals surface area contributed by atoms with E-state index in [-0.39, 0.29) is 77.9 Å². The number of nitrogens with zero attached hydrogens (tertiary/aromatic N) is 6. The molecule has 0 unspecified atom stereocenters. The quantitative estimate of drug-likeness (QED) is 0.0378. The minimum atomic E-state index is -1.48. The minimum absolute atomic E-state index is 0.0708. The van der Waals surface area contributed by atoms with Crippen LogP contribution in [0.4, 0.5) is 21.9 Å². The Bertz CT molecular complexity index is 2340. The van der Waals surface area contributed by atoms with Gasteiger partial charge in [0.15, 0.2) is 29.2 Å².